The molecule has 49 heavy (non-hydrogen) atoms. The van der Waals surface area contributed by atoms with Crippen molar-refractivity contribution in [3.05, 3.63) is 57.6 Å². The second-order valence-corrected chi connectivity index (χ2v) is 15.2. The molecule has 0 aliphatic carbocycles. The average Bonchev–Trinajstić information content (AvgIpc) is 3.72. The number of piperidine rings is 2. The molecular weight excluding hydrogens is 624 g/mol. The van der Waals surface area contributed by atoms with Crippen LogP contribution < -0.4 is 9.47 Å². The maximum Gasteiger partial charge on any atom is 0.170 e. The van der Waals surface area contributed by atoms with E-state index in [-0.39, 0.29) is 18.6 Å². The summed E-state index contributed by atoms with van der Waals surface area (Å²) in [6.07, 6.45) is 2.17. The lowest BCUT2D eigenvalue weighted by Gasteiger charge is -2.38. The van der Waals surface area contributed by atoms with Crippen molar-refractivity contribution in [1.29, 1.82) is 0 Å². The number of likely N-dealkylation sites (tertiary alicyclic amines) is 2. The van der Waals surface area contributed by atoms with E-state index in [1.54, 1.807) is 0 Å². The first kappa shape index (κ1) is 36.5. The van der Waals surface area contributed by atoms with Gasteiger partial charge in [-0.25, -0.2) is 0 Å². The maximum absolute atomic E-state index is 10.8. The summed E-state index contributed by atoms with van der Waals surface area (Å²) in [6.45, 7) is 20.5. The summed E-state index contributed by atoms with van der Waals surface area (Å²) in [7, 11) is 0. The number of aryl methyl sites for hydroxylation is 4. The van der Waals surface area contributed by atoms with Crippen molar-refractivity contribution in [2.24, 2.45) is 0 Å². The predicted octanol–water partition coefficient (Wildman–Crippen LogP) is 4.40. The fourth-order valence-electron chi connectivity index (χ4n) is 8.03. The summed E-state index contributed by atoms with van der Waals surface area (Å²) in [4.78, 5) is 4.54. The largest absolute Gasteiger partial charge is 0.490 e. The quantitative estimate of drug-likeness (QED) is 0.335. The van der Waals surface area contributed by atoms with Gasteiger partial charge >= 0.3 is 0 Å². The fourth-order valence-corrected chi connectivity index (χ4v) is 8.03. The number of β-amino-alcohol motifs (C(OH)–C–C–N with tert-alkyl or cyclic N) is 2. The summed E-state index contributed by atoms with van der Waals surface area (Å²) >= 11 is 0. The first-order valence-corrected chi connectivity index (χ1v) is 18.2. The molecular formula is C39H58N2O8. The lowest BCUT2D eigenvalue weighted by Crippen LogP contribution is -2.47. The Hall–Kier alpha value is -2.28. The maximum atomic E-state index is 10.8. The van der Waals surface area contributed by atoms with Gasteiger partial charge in [-0.15, -0.1) is 0 Å². The predicted molar refractivity (Wildman–Crippen MR) is 188 cm³/mol. The Morgan fingerprint density at radius 1 is 0.612 bits per heavy atom. The van der Waals surface area contributed by atoms with Crippen LogP contribution in [0, 0.1) is 27.7 Å². The molecule has 2 N–H and O–H groups in total. The lowest BCUT2D eigenvalue weighted by molar-refractivity contribution is -0.186. The Morgan fingerprint density at radius 2 is 0.918 bits per heavy atom. The molecule has 2 aromatic carbocycles. The highest BCUT2D eigenvalue weighted by molar-refractivity contribution is 5.52. The number of aliphatic hydroxyl groups excluding tert-OH is 2. The Labute approximate surface area is 292 Å². The summed E-state index contributed by atoms with van der Waals surface area (Å²) in [5.74, 6) is 0.862. The molecule has 2 spiro atoms. The Kier molecular flexibility index (Phi) is 11.3. The molecule has 6 rings (SSSR count). The molecule has 4 heterocycles. The molecule has 0 saturated carbocycles. The first-order valence-electron chi connectivity index (χ1n) is 18.2. The molecule has 0 amide bonds. The number of nitrogens with zero attached hydrogens (tertiary/aromatic N) is 2. The molecule has 4 aliphatic heterocycles. The molecule has 4 saturated heterocycles. The second-order valence-electron chi connectivity index (χ2n) is 15.2. The molecule has 10 nitrogen and oxygen atoms in total. The molecule has 2 unspecified atom stereocenters. The molecule has 4 fully saturated rings. The number of hydrogen-bond donors (Lipinski definition) is 2. The molecule has 2 atom stereocenters. The number of hydrogen-bond acceptors (Lipinski definition) is 10. The van der Waals surface area contributed by atoms with Crippen LogP contribution in [-0.4, -0.2) is 123 Å². The van der Waals surface area contributed by atoms with Gasteiger partial charge in [0.2, 0.25) is 0 Å². The van der Waals surface area contributed by atoms with Gasteiger partial charge in [-0.05, 0) is 61.1 Å². The van der Waals surface area contributed by atoms with Gasteiger partial charge in [0.25, 0.3) is 0 Å². The summed E-state index contributed by atoms with van der Waals surface area (Å²) in [5.41, 5.74) is 6.36. The van der Waals surface area contributed by atoms with Crippen molar-refractivity contribution in [1.82, 2.24) is 9.80 Å². The minimum Gasteiger partial charge on any atom is -0.490 e. The van der Waals surface area contributed by atoms with Crippen LogP contribution in [0.25, 0.3) is 0 Å². The van der Waals surface area contributed by atoms with Crippen LogP contribution in [0.4, 0.5) is 0 Å². The van der Waals surface area contributed by atoms with Gasteiger partial charge in [0.15, 0.2) is 11.6 Å². The van der Waals surface area contributed by atoms with Crippen molar-refractivity contribution in [2.75, 3.05) is 78.9 Å². The lowest BCUT2D eigenvalue weighted by atomic mass is 9.76. The van der Waals surface area contributed by atoms with Crippen molar-refractivity contribution in [2.45, 2.75) is 96.4 Å². The smallest absolute Gasteiger partial charge is 0.170 e. The van der Waals surface area contributed by atoms with E-state index in [2.05, 4.69) is 75.6 Å². The Balaban J connectivity index is 1.02. The molecule has 0 bridgehead atoms. The number of rotatable bonds is 12. The molecule has 4 aliphatic rings. The van der Waals surface area contributed by atoms with E-state index in [1.807, 2.05) is 0 Å². The zero-order valence-corrected chi connectivity index (χ0v) is 30.5. The van der Waals surface area contributed by atoms with Crippen molar-refractivity contribution >= 4 is 0 Å². The van der Waals surface area contributed by atoms with Crippen LogP contribution in [0.1, 0.15) is 72.9 Å². The van der Waals surface area contributed by atoms with E-state index in [0.717, 1.165) is 85.6 Å². The van der Waals surface area contributed by atoms with Crippen LogP contribution in [0.2, 0.25) is 0 Å². The number of benzene rings is 2. The van der Waals surface area contributed by atoms with Gasteiger partial charge in [-0.2, -0.15) is 0 Å². The van der Waals surface area contributed by atoms with Gasteiger partial charge in [0.1, 0.15) is 36.9 Å². The summed E-state index contributed by atoms with van der Waals surface area (Å²) in [6, 6.07) is 8.83. The van der Waals surface area contributed by atoms with E-state index in [0.29, 0.717) is 39.5 Å². The average molecular weight is 683 g/mol. The molecule has 0 aromatic heterocycles. The van der Waals surface area contributed by atoms with Crippen LogP contribution in [-0.2, 0) is 24.4 Å². The highest BCUT2D eigenvalue weighted by Crippen LogP contribution is 2.39. The van der Waals surface area contributed by atoms with Crippen LogP contribution in [0.3, 0.4) is 0 Å². The zero-order valence-electron chi connectivity index (χ0n) is 30.5. The third kappa shape index (κ3) is 8.45. The van der Waals surface area contributed by atoms with E-state index >= 15 is 0 Å². The minimum absolute atomic E-state index is 0.246. The molecule has 0 radical (unpaired) electrons. The molecule has 272 valence electrons. The van der Waals surface area contributed by atoms with Crippen LogP contribution in [0.5, 0.6) is 11.5 Å². The molecule has 10 heteroatoms. The van der Waals surface area contributed by atoms with Crippen molar-refractivity contribution < 1.29 is 38.6 Å². The highest BCUT2D eigenvalue weighted by atomic mass is 16.7. The van der Waals surface area contributed by atoms with Gasteiger partial charge in [0.05, 0.1) is 26.4 Å². The monoisotopic (exact) mass is 682 g/mol. The van der Waals surface area contributed by atoms with Crippen LogP contribution in [0.15, 0.2) is 24.3 Å². The zero-order chi connectivity index (χ0) is 34.8. The van der Waals surface area contributed by atoms with E-state index in [9.17, 15) is 10.2 Å². The second kappa shape index (κ2) is 15.1. The molecule has 2 aromatic rings. The van der Waals surface area contributed by atoms with E-state index in [4.69, 9.17) is 28.4 Å². The summed E-state index contributed by atoms with van der Waals surface area (Å²) in [5, 5.41) is 21.6. The van der Waals surface area contributed by atoms with Gasteiger partial charge in [-0.1, -0.05) is 38.1 Å². The number of aliphatic hydroxyl groups is 2. The van der Waals surface area contributed by atoms with Gasteiger partial charge in [0, 0.05) is 70.4 Å². The SMILES string of the molecule is Cc1cc(C(C)(C)c2cc(C)c(OCC(O)CN3CCC4(CC3)OCCO4)c(C)c2)cc(C)c1OCC(O)CN1CCC2(CC1)OCCO2. The normalized spacial score (nSPS) is 22.5. The fraction of sp³-hybridized carbons (Fsp3) is 0.692. The first-order chi connectivity index (χ1) is 23.4. The third-order valence-corrected chi connectivity index (χ3v) is 11.0. The Bertz CT molecular complexity index is 1260. The topological polar surface area (TPSA) is 102 Å². The van der Waals surface area contributed by atoms with Gasteiger partial charge < -0.3 is 48.4 Å². The van der Waals surface area contributed by atoms with Gasteiger partial charge in [-0.3, -0.25) is 0 Å². The highest BCUT2D eigenvalue weighted by Gasteiger charge is 2.41. The van der Waals surface area contributed by atoms with Crippen molar-refractivity contribution in [3.8, 4) is 11.5 Å². The standard InChI is InChI=1S/C39H58N2O8/c1-27-19-31(20-28(2)35(27)44-25-33(42)23-40-11-7-38(8-12-40)46-15-16-47-38)37(5,6)32-21-29(3)36(30(4)22-32)45-26-34(43)24-41-13-9-39(10-14-41)48-17-18-49-39/h19-22,33-34,42-43H,7-18,23-26H2,1-6H3. The number of ether oxygens (including phenoxy) is 6. The summed E-state index contributed by atoms with van der Waals surface area (Å²) < 4.78 is 35.8. The third-order valence-electron chi connectivity index (χ3n) is 11.0. The van der Waals surface area contributed by atoms with Crippen LogP contribution >= 0.6 is 0 Å². The van der Waals surface area contributed by atoms with Crippen molar-refractivity contribution in [3.63, 3.8) is 0 Å². The Morgan fingerprint density at radius 3 is 1.22 bits per heavy atom. The van der Waals surface area contributed by atoms with E-state index in [1.165, 1.54) is 11.1 Å². The van der Waals surface area contributed by atoms with E-state index < -0.39 is 23.8 Å². The minimum atomic E-state index is -0.582.